The Morgan fingerprint density at radius 1 is 1.50 bits per heavy atom. The molecule has 5 nitrogen and oxygen atoms in total. The lowest BCUT2D eigenvalue weighted by Crippen LogP contribution is -2.30. The summed E-state index contributed by atoms with van der Waals surface area (Å²) >= 11 is 1.32. The molecular formula is C14H16N4OS. The summed E-state index contributed by atoms with van der Waals surface area (Å²) in [6, 6.07) is 9.73. The fraction of sp³-hybridized carbons (Fsp3) is 0.214. The highest BCUT2D eigenvalue weighted by Gasteiger charge is 2.16. The van der Waals surface area contributed by atoms with Gasteiger partial charge in [0.05, 0.1) is 5.25 Å². The highest BCUT2D eigenvalue weighted by atomic mass is 32.2. The van der Waals surface area contributed by atoms with Crippen LogP contribution in [0.5, 0.6) is 0 Å². The topological polar surface area (TPSA) is 70.7 Å². The van der Waals surface area contributed by atoms with Crippen LogP contribution >= 0.6 is 11.8 Å². The largest absolute Gasteiger partial charge is 0.352 e. The van der Waals surface area contributed by atoms with Gasteiger partial charge in [0.2, 0.25) is 11.1 Å². The fourth-order valence-electron chi connectivity index (χ4n) is 1.55. The first-order valence-electron chi connectivity index (χ1n) is 6.24. The summed E-state index contributed by atoms with van der Waals surface area (Å²) in [5.41, 5.74) is 0.968. The molecule has 0 aliphatic carbocycles. The smallest absolute Gasteiger partial charge is 0.233 e. The van der Waals surface area contributed by atoms with E-state index in [9.17, 15) is 4.79 Å². The summed E-state index contributed by atoms with van der Waals surface area (Å²) in [5.74, 6) is 0.646. The maximum Gasteiger partial charge on any atom is 0.233 e. The molecule has 0 aliphatic heterocycles. The SMILES string of the molecule is C=CCNC(=O)[C@@H](C)Sc1n[nH]c(-c2ccccc2)n1. The summed E-state index contributed by atoms with van der Waals surface area (Å²) in [6.07, 6.45) is 1.65. The van der Waals surface area contributed by atoms with Crippen LogP contribution in [0, 0.1) is 0 Å². The number of aromatic amines is 1. The van der Waals surface area contributed by atoms with Gasteiger partial charge in [-0.25, -0.2) is 4.98 Å². The molecule has 1 atom stereocenters. The van der Waals surface area contributed by atoms with Gasteiger partial charge in [-0.3, -0.25) is 9.89 Å². The second kappa shape index (κ2) is 6.91. The minimum absolute atomic E-state index is 0.0547. The molecule has 0 unspecified atom stereocenters. The van der Waals surface area contributed by atoms with Crippen molar-refractivity contribution in [3.05, 3.63) is 43.0 Å². The number of carbonyl (C=O) groups excluding carboxylic acids is 1. The minimum Gasteiger partial charge on any atom is -0.352 e. The molecule has 20 heavy (non-hydrogen) atoms. The number of nitrogens with one attached hydrogen (secondary N) is 2. The van der Waals surface area contributed by atoms with Crippen LogP contribution in [0.1, 0.15) is 6.92 Å². The van der Waals surface area contributed by atoms with Crippen molar-refractivity contribution in [2.45, 2.75) is 17.3 Å². The lowest BCUT2D eigenvalue weighted by molar-refractivity contribution is -0.120. The molecule has 0 aliphatic rings. The highest BCUT2D eigenvalue weighted by molar-refractivity contribution is 8.00. The third-order valence-electron chi connectivity index (χ3n) is 2.58. The first kappa shape index (κ1) is 14.3. The molecule has 2 N–H and O–H groups in total. The Hall–Kier alpha value is -2.08. The number of amides is 1. The van der Waals surface area contributed by atoms with Gasteiger partial charge >= 0.3 is 0 Å². The molecule has 0 bridgehead atoms. The second-order valence-electron chi connectivity index (χ2n) is 4.13. The van der Waals surface area contributed by atoms with Crippen LogP contribution in [0.2, 0.25) is 0 Å². The van der Waals surface area contributed by atoms with E-state index in [-0.39, 0.29) is 11.2 Å². The second-order valence-corrected chi connectivity index (χ2v) is 5.43. The molecule has 2 aromatic rings. The third kappa shape index (κ3) is 3.71. The molecule has 0 fully saturated rings. The molecule has 0 radical (unpaired) electrons. The summed E-state index contributed by atoms with van der Waals surface area (Å²) < 4.78 is 0. The van der Waals surface area contributed by atoms with E-state index in [2.05, 4.69) is 27.1 Å². The number of H-pyrrole nitrogens is 1. The summed E-state index contributed by atoms with van der Waals surface area (Å²) in [5, 5.41) is 10.1. The van der Waals surface area contributed by atoms with E-state index in [4.69, 9.17) is 0 Å². The number of carbonyl (C=O) groups is 1. The molecule has 1 amide bonds. The van der Waals surface area contributed by atoms with Crippen molar-refractivity contribution in [3.8, 4) is 11.4 Å². The average molecular weight is 288 g/mol. The Labute approximate surface area is 121 Å². The summed E-state index contributed by atoms with van der Waals surface area (Å²) in [7, 11) is 0. The maximum atomic E-state index is 11.7. The van der Waals surface area contributed by atoms with E-state index in [1.54, 1.807) is 6.08 Å². The number of nitrogens with zero attached hydrogens (tertiary/aromatic N) is 2. The summed E-state index contributed by atoms with van der Waals surface area (Å²) in [6.45, 7) is 5.85. The van der Waals surface area contributed by atoms with Gasteiger partial charge in [-0.05, 0) is 6.92 Å². The molecule has 0 spiro atoms. The molecule has 1 heterocycles. The van der Waals surface area contributed by atoms with Crippen LogP contribution in [-0.2, 0) is 4.79 Å². The monoisotopic (exact) mass is 288 g/mol. The van der Waals surface area contributed by atoms with Crippen LogP contribution in [0.3, 0.4) is 0 Å². The van der Waals surface area contributed by atoms with E-state index >= 15 is 0 Å². The number of hydrogen-bond donors (Lipinski definition) is 2. The van der Waals surface area contributed by atoms with Gasteiger partial charge < -0.3 is 5.32 Å². The van der Waals surface area contributed by atoms with Gasteiger partial charge in [0.15, 0.2) is 5.82 Å². The van der Waals surface area contributed by atoms with Gasteiger partial charge in [0.1, 0.15) is 0 Å². The molecule has 0 saturated carbocycles. The van der Waals surface area contributed by atoms with Crippen LogP contribution < -0.4 is 5.32 Å². The first-order chi connectivity index (χ1) is 9.70. The summed E-state index contributed by atoms with van der Waals surface area (Å²) in [4.78, 5) is 16.1. The fourth-order valence-corrected chi connectivity index (χ4v) is 2.30. The zero-order valence-corrected chi connectivity index (χ0v) is 12.0. The Balaban J connectivity index is 1.99. The van der Waals surface area contributed by atoms with Crippen molar-refractivity contribution in [2.75, 3.05) is 6.54 Å². The van der Waals surface area contributed by atoms with E-state index in [1.807, 2.05) is 37.3 Å². The molecule has 2 rings (SSSR count). The Kier molecular flexibility index (Phi) is 4.95. The van der Waals surface area contributed by atoms with Gasteiger partial charge in [0.25, 0.3) is 0 Å². The van der Waals surface area contributed by atoms with Crippen LogP contribution in [0.15, 0.2) is 48.1 Å². The molecule has 104 valence electrons. The number of benzene rings is 1. The Morgan fingerprint density at radius 2 is 2.25 bits per heavy atom. The maximum absolute atomic E-state index is 11.7. The number of hydrogen-bond acceptors (Lipinski definition) is 4. The highest BCUT2D eigenvalue weighted by Crippen LogP contribution is 2.22. The molecule has 1 aromatic carbocycles. The van der Waals surface area contributed by atoms with Crippen molar-refractivity contribution in [2.24, 2.45) is 0 Å². The minimum atomic E-state index is -0.255. The predicted octanol–water partition coefficient (Wildman–Crippen LogP) is 2.25. The number of aromatic nitrogens is 3. The normalized spacial score (nSPS) is 11.8. The third-order valence-corrected chi connectivity index (χ3v) is 3.55. The molecule has 1 aromatic heterocycles. The number of thioether (sulfide) groups is 1. The zero-order valence-electron chi connectivity index (χ0n) is 11.2. The van der Waals surface area contributed by atoms with Crippen LogP contribution in [0.4, 0.5) is 0 Å². The van der Waals surface area contributed by atoms with Gasteiger partial charge in [-0.2, -0.15) is 0 Å². The van der Waals surface area contributed by atoms with Gasteiger partial charge in [-0.15, -0.1) is 11.7 Å². The van der Waals surface area contributed by atoms with E-state index in [0.717, 1.165) is 5.56 Å². The van der Waals surface area contributed by atoms with Crippen LogP contribution in [0.25, 0.3) is 11.4 Å². The molecular weight excluding hydrogens is 272 g/mol. The van der Waals surface area contributed by atoms with Gasteiger partial charge in [0, 0.05) is 12.1 Å². The van der Waals surface area contributed by atoms with Crippen molar-refractivity contribution in [1.29, 1.82) is 0 Å². The Morgan fingerprint density at radius 3 is 2.95 bits per heavy atom. The lowest BCUT2D eigenvalue weighted by atomic mass is 10.2. The van der Waals surface area contributed by atoms with E-state index in [1.165, 1.54) is 11.8 Å². The van der Waals surface area contributed by atoms with Crippen LogP contribution in [-0.4, -0.2) is 32.9 Å². The number of rotatable bonds is 6. The predicted molar refractivity (Wildman–Crippen MR) is 80.3 cm³/mol. The zero-order chi connectivity index (χ0) is 14.4. The van der Waals surface area contributed by atoms with Crippen molar-refractivity contribution >= 4 is 17.7 Å². The lowest BCUT2D eigenvalue weighted by Gasteiger charge is -2.07. The molecule has 0 saturated heterocycles. The standard InChI is InChI=1S/C14H16N4OS/c1-3-9-15-13(19)10(2)20-14-16-12(17-18-14)11-7-5-4-6-8-11/h3-8,10H,1,9H2,2H3,(H,15,19)(H,16,17,18)/t10-/m1/s1. The van der Waals surface area contributed by atoms with Crippen molar-refractivity contribution in [1.82, 2.24) is 20.5 Å². The average Bonchev–Trinajstić information content (AvgIpc) is 2.94. The molecule has 6 heteroatoms. The van der Waals surface area contributed by atoms with E-state index in [0.29, 0.717) is 17.5 Å². The first-order valence-corrected chi connectivity index (χ1v) is 7.11. The van der Waals surface area contributed by atoms with E-state index < -0.39 is 0 Å². The Bertz CT molecular complexity index is 582. The van der Waals surface area contributed by atoms with Crippen molar-refractivity contribution < 1.29 is 4.79 Å². The van der Waals surface area contributed by atoms with Gasteiger partial charge in [-0.1, -0.05) is 48.2 Å². The quantitative estimate of drug-likeness (QED) is 0.632. The van der Waals surface area contributed by atoms with Crippen molar-refractivity contribution in [3.63, 3.8) is 0 Å².